The summed E-state index contributed by atoms with van der Waals surface area (Å²) in [6.07, 6.45) is 5.43. The Bertz CT molecular complexity index is 636. The van der Waals surface area contributed by atoms with Gasteiger partial charge in [-0.1, -0.05) is 12.8 Å². The fraction of sp³-hybridized carbons (Fsp3) is 0.643. The van der Waals surface area contributed by atoms with Gasteiger partial charge >= 0.3 is 5.97 Å². The van der Waals surface area contributed by atoms with Gasteiger partial charge in [-0.3, -0.25) is 0 Å². The Labute approximate surface area is 129 Å². The lowest BCUT2D eigenvalue weighted by Crippen LogP contribution is -2.26. The number of carbonyl (C=O) groups excluding carboxylic acids is 1. The molecule has 0 unspecified atom stereocenters. The number of ether oxygens (including phenoxy) is 1. The highest BCUT2D eigenvalue weighted by Crippen LogP contribution is 2.33. The molecule has 0 aromatic carbocycles. The number of esters is 1. The summed E-state index contributed by atoms with van der Waals surface area (Å²) >= 11 is 0. The van der Waals surface area contributed by atoms with Crippen molar-refractivity contribution in [1.29, 1.82) is 0 Å². The molecule has 1 aliphatic rings. The van der Waals surface area contributed by atoms with Crippen molar-refractivity contribution in [2.24, 2.45) is 0 Å². The van der Waals surface area contributed by atoms with Crippen LogP contribution in [0.5, 0.6) is 0 Å². The highest BCUT2D eigenvalue weighted by Gasteiger charge is 2.28. The van der Waals surface area contributed by atoms with Crippen LogP contribution < -0.4 is 0 Å². The van der Waals surface area contributed by atoms with Crippen LogP contribution in [0, 0.1) is 0 Å². The largest absolute Gasteiger partial charge is 0.455 e. The lowest BCUT2D eigenvalue weighted by Gasteiger charge is -2.21. The number of aromatic nitrogens is 1. The molecule has 0 amide bonds. The van der Waals surface area contributed by atoms with Crippen LogP contribution in [0.3, 0.4) is 0 Å². The zero-order chi connectivity index (χ0) is 15.8. The minimum atomic E-state index is -3.87. The molecular formula is C14H20ClNO4S. The van der Waals surface area contributed by atoms with E-state index in [4.69, 9.17) is 15.4 Å². The predicted octanol–water partition coefficient (Wildman–Crippen LogP) is 3.49. The number of halogens is 1. The lowest BCUT2D eigenvalue weighted by atomic mass is 10.2. The Morgan fingerprint density at radius 1 is 1.33 bits per heavy atom. The summed E-state index contributed by atoms with van der Waals surface area (Å²) in [6.45, 7) is 5.31. The first-order valence-corrected chi connectivity index (χ1v) is 9.29. The van der Waals surface area contributed by atoms with E-state index in [2.05, 4.69) is 0 Å². The standard InChI is InChI=1S/C14H20ClNO4S/c1-14(2,3)20-13(17)12-8-11(21(15,18)19)9-16(12)10-6-4-5-7-10/h8-10H,4-7H2,1-3H3. The molecule has 7 heteroatoms. The maximum atomic E-state index is 12.3. The molecule has 0 radical (unpaired) electrons. The van der Waals surface area contributed by atoms with Crippen molar-refractivity contribution in [3.63, 3.8) is 0 Å². The van der Waals surface area contributed by atoms with Crippen molar-refractivity contribution in [3.8, 4) is 0 Å². The van der Waals surface area contributed by atoms with Crippen LogP contribution in [0.25, 0.3) is 0 Å². The molecule has 1 aromatic rings. The number of rotatable bonds is 3. The molecule has 1 heterocycles. The van der Waals surface area contributed by atoms with Crippen molar-refractivity contribution >= 4 is 25.7 Å². The molecule has 0 spiro atoms. The van der Waals surface area contributed by atoms with Crippen LogP contribution in [0.2, 0.25) is 0 Å². The highest BCUT2D eigenvalue weighted by atomic mass is 35.7. The van der Waals surface area contributed by atoms with Crippen LogP contribution in [0.15, 0.2) is 17.2 Å². The summed E-state index contributed by atoms with van der Waals surface area (Å²) < 4.78 is 30.1. The molecule has 0 bridgehead atoms. The molecule has 2 rings (SSSR count). The Balaban J connectivity index is 2.42. The van der Waals surface area contributed by atoms with Gasteiger partial charge in [0.15, 0.2) is 0 Å². The van der Waals surface area contributed by atoms with Gasteiger partial charge in [0.25, 0.3) is 9.05 Å². The van der Waals surface area contributed by atoms with E-state index in [0.717, 1.165) is 25.7 Å². The summed E-state index contributed by atoms with van der Waals surface area (Å²) in [5.41, 5.74) is -0.391. The van der Waals surface area contributed by atoms with Crippen LogP contribution >= 0.6 is 10.7 Å². The Morgan fingerprint density at radius 3 is 2.38 bits per heavy atom. The predicted molar refractivity (Wildman–Crippen MR) is 80.1 cm³/mol. The molecule has 21 heavy (non-hydrogen) atoms. The summed E-state index contributed by atoms with van der Waals surface area (Å²) in [5.74, 6) is -0.527. The lowest BCUT2D eigenvalue weighted by molar-refractivity contribution is 0.00556. The van der Waals surface area contributed by atoms with Crippen LogP contribution in [-0.2, 0) is 13.8 Å². The molecular weight excluding hydrogens is 314 g/mol. The van der Waals surface area contributed by atoms with Gasteiger partial charge in [0.1, 0.15) is 16.2 Å². The minimum Gasteiger partial charge on any atom is -0.455 e. The van der Waals surface area contributed by atoms with Crippen molar-refractivity contribution in [2.75, 3.05) is 0 Å². The zero-order valence-corrected chi connectivity index (χ0v) is 14.0. The summed E-state index contributed by atoms with van der Waals surface area (Å²) in [7, 11) is 1.53. The molecule has 0 N–H and O–H groups in total. The highest BCUT2D eigenvalue weighted by molar-refractivity contribution is 8.13. The smallest absolute Gasteiger partial charge is 0.355 e. The minimum absolute atomic E-state index is 0.0584. The first-order chi connectivity index (χ1) is 9.58. The van der Waals surface area contributed by atoms with Gasteiger partial charge in [-0.15, -0.1) is 0 Å². The Kier molecular flexibility index (Phi) is 4.40. The average molecular weight is 334 g/mol. The fourth-order valence-electron chi connectivity index (χ4n) is 2.57. The third kappa shape index (κ3) is 4.01. The number of hydrogen-bond acceptors (Lipinski definition) is 4. The quantitative estimate of drug-likeness (QED) is 0.627. The topological polar surface area (TPSA) is 65.4 Å². The Morgan fingerprint density at radius 2 is 1.90 bits per heavy atom. The van der Waals surface area contributed by atoms with E-state index >= 15 is 0 Å². The van der Waals surface area contributed by atoms with Gasteiger partial charge in [0.05, 0.1) is 0 Å². The molecule has 0 saturated heterocycles. The summed E-state index contributed by atoms with van der Waals surface area (Å²) in [4.78, 5) is 12.2. The molecule has 0 aliphatic heterocycles. The van der Waals surface area contributed by atoms with Gasteiger partial charge in [-0.05, 0) is 39.7 Å². The van der Waals surface area contributed by atoms with Gasteiger partial charge in [0.2, 0.25) is 0 Å². The average Bonchev–Trinajstić information content (AvgIpc) is 2.94. The molecule has 1 aliphatic carbocycles. The van der Waals surface area contributed by atoms with E-state index < -0.39 is 20.6 Å². The molecule has 118 valence electrons. The molecule has 1 fully saturated rings. The maximum Gasteiger partial charge on any atom is 0.355 e. The van der Waals surface area contributed by atoms with Crippen molar-refractivity contribution in [1.82, 2.24) is 4.57 Å². The second-order valence-electron chi connectivity index (χ2n) is 6.35. The number of nitrogens with zero attached hydrogens (tertiary/aromatic N) is 1. The SMILES string of the molecule is CC(C)(C)OC(=O)c1cc(S(=O)(=O)Cl)cn1C1CCCC1. The van der Waals surface area contributed by atoms with E-state index in [9.17, 15) is 13.2 Å². The van der Waals surface area contributed by atoms with Crippen molar-refractivity contribution in [3.05, 3.63) is 18.0 Å². The fourth-order valence-corrected chi connectivity index (χ4v) is 3.31. The third-order valence-corrected chi connectivity index (χ3v) is 4.75. The van der Waals surface area contributed by atoms with Gasteiger partial charge in [-0.2, -0.15) is 0 Å². The van der Waals surface area contributed by atoms with Crippen molar-refractivity contribution < 1.29 is 17.9 Å². The number of carbonyl (C=O) groups is 1. The first-order valence-electron chi connectivity index (χ1n) is 6.98. The second kappa shape index (κ2) is 5.65. The van der Waals surface area contributed by atoms with Crippen LogP contribution in [0.1, 0.15) is 63.0 Å². The molecule has 1 saturated carbocycles. The normalized spacial score (nSPS) is 17.1. The van der Waals surface area contributed by atoms with E-state index in [0.29, 0.717) is 0 Å². The van der Waals surface area contributed by atoms with Crippen molar-refractivity contribution in [2.45, 2.75) is 63.0 Å². The van der Waals surface area contributed by atoms with Gasteiger partial charge in [-0.25, -0.2) is 13.2 Å². The second-order valence-corrected chi connectivity index (χ2v) is 8.91. The first kappa shape index (κ1) is 16.4. The molecule has 1 aromatic heterocycles. The maximum absolute atomic E-state index is 12.3. The monoisotopic (exact) mass is 333 g/mol. The van der Waals surface area contributed by atoms with E-state index in [1.54, 1.807) is 25.3 Å². The Hall–Kier alpha value is -1.01. The number of hydrogen-bond donors (Lipinski definition) is 0. The zero-order valence-electron chi connectivity index (χ0n) is 12.4. The molecule has 5 nitrogen and oxygen atoms in total. The summed E-state index contributed by atoms with van der Waals surface area (Å²) in [6, 6.07) is 1.43. The van der Waals surface area contributed by atoms with Gasteiger partial charge < -0.3 is 9.30 Å². The van der Waals surface area contributed by atoms with Gasteiger partial charge in [0, 0.05) is 22.9 Å². The van der Waals surface area contributed by atoms with E-state index in [1.165, 1.54) is 12.3 Å². The van der Waals surface area contributed by atoms with Crippen LogP contribution in [-0.4, -0.2) is 24.6 Å². The third-order valence-electron chi connectivity index (χ3n) is 3.43. The van der Waals surface area contributed by atoms with Crippen LogP contribution in [0.4, 0.5) is 0 Å². The summed E-state index contributed by atoms with van der Waals surface area (Å²) in [5, 5.41) is 0. The van der Waals surface area contributed by atoms with E-state index in [-0.39, 0.29) is 16.6 Å². The molecule has 0 atom stereocenters. The van der Waals surface area contributed by atoms with E-state index in [1.807, 2.05) is 0 Å².